The zero-order valence-electron chi connectivity index (χ0n) is 13.8. The van der Waals surface area contributed by atoms with Crippen molar-refractivity contribution in [3.8, 4) is 6.07 Å². The monoisotopic (exact) mass is 366 g/mol. The van der Waals surface area contributed by atoms with Crippen LogP contribution < -0.4 is 0 Å². The average Bonchev–Trinajstić information content (AvgIpc) is 3.02. The molecule has 26 heavy (non-hydrogen) atoms. The second kappa shape index (κ2) is 7.85. The smallest absolute Gasteiger partial charge is 0.306 e. The van der Waals surface area contributed by atoms with E-state index >= 15 is 0 Å². The summed E-state index contributed by atoms with van der Waals surface area (Å²) in [7, 11) is 0. The van der Waals surface area contributed by atoms with E-state index in [0.717, 1.165) is 5.52 Å². The van der Waals surface area contributed by atoms with Gasteiger partial charge in [0.15, 0.2) is 5.78 Å². The van der Waals surface area contributed by atoms with Crippen LogP contribution in [0.2, 0.25) is 5.02 Å². The number of halogens is 1. The lowest BCUT2D eigenvalue weighted by Gasteiger charge is -2.04. The molecule has 0 aliphatic rings. The number of carbonyl (C=O) groups excluding carboxylic acids is 2. The maximum Gasteiger partial charge on any atom is 0.306 e. The Morgan fingerprint density at radius 2 is 1.88 bits per heavy atom. The van der Waals surface area contributed by atoms with Crippen LogP contribution in [0.1, 0.15) is 34.3 Å². The molecule has 0 aliphatic heterocycles. The maximum absolute atomic E-state index is 12.1. The van der Waals surface area contributed by atoms with Gasteiger partial charge >= 0.3 is 5.97 Å². The summed E-state index contributed by atoms with van der Waals surface area (Å²) in [6.07, 6.45) is 3.63. The van der Waals surface area contributed by atoms with Crippen LogP contribution in [0.15, 0.2) is 54.9 Å². The van der Waals surface area contributed by atoms with E-state index in [-0.39, 0.29) is 25.2 Å². The number of hydrogen-bond donors (Lipinski definition) is 0. The predicted molar refractivity (Wildman–Crippen MR) is 96.9 cm³/mol. The fourth-order valence-corrected chi connectivity index (χ4v) is 2.77. The number of benzene rings is 1. The summed E-state index contributed by atoms with van der Waals surface area (Å²) >= 11 is 5.79. The molecule has 0 saturated heterocycles. The van der Waals surface area contributed by atoms with Crippen molar-refractivity contribution in [2.24, 2.45) is 0 Å². The van der Waals surface area contributed by atoms with E-state index in [1.165, 1.54) is 0 Å². The van der Waals surface area contributed by atoms with Crippen molar-refractivity contribution < 1.29 is 14.3 Å². The summed E-state index contributed by atoms with van der Waals surface area (Å²) in [5.74, 6) is -0.627. The summed E-state index contributed by atoms with van der Waals surface area (Å²) in [5.41, 5.74) is 2.39. The summed E-state index contributed by atoms with van der Waals surface area (Å²) in [6, 6.07) is 14.2. The number of hydrogen-bond acceptors (Lipinski definition) is 4. The summed E-state index contributed by atoms with van der Waals surface area (Å²) in [5, 5.41) is 9.88. The Kier molecular flexibility index (Phi) is 5.35. The number of rotatable bonds is 6. The molecule has 2 aromatic heterocycles. The molecular formula is C20H15ClN2O3. The number of nitrogens with zero attached hydrogens (tertiary/aromatic N) is 2. The molecule has 6 heteroatoms. The molecule has 0 saturated carbocycles. The zero-order chi connectivity index (χ0) is 18.5. The van der Waals surface area contributed by atoms with E-state index < -0.39 is 5.97 Å². The maximum atomic E-state index is 12.1. The summed E-state index contributed by atoms with van der Waals surface area (Å²) in [4.78, 5) is 24.0. The van der Waals surface area contributed by atoms with Crippen molar-refractivity contribution in [3.63, 3.8) is 0 Å². The third-order valence-corrected chi connectivity index (χ3v) is 4.24. The van der Waals surface area contributed by atoms with Crippen molar-refractivity contribution in [3.05, 3.63) is 76.6 Å². The molecule has 0 amide bonds. The molecule has 130 valence electrons. The van der Waals surface area contributed by atoms with Gasteiger partial charge in [0.05, 0.1) is 17.5 Å². The fraction of sp³-hybridized carbons (Fsp3) is 0.150. The molecule has 3 aromatic rings. The van der Waals surface area contributed by atoms with Gasteiger partial charge in [0.2, 0.25) is 0 Å². The molecule has 0 radical (unpaired) electrons. The van der Waals surface area contributed by atoms with Crippen LogP contribution in [0, 0.1) is 11.3 Å². The van der Waals surface area contributed by atoms with E-state index in [9.17, 15) is 14.9 Å². The van der Waals surface area contributed by atoms with Crippen LogP contribution in [0.25, 0.3) is 5.52 Å². The van der Waals surface area contributed by atoms with Gasteiger partial charge in [0.25, 0.3) is 0 Å². The third-order valence-electron chi connectivity index (χ3n) is 3.99. The Morgan fingerprint density at radius 3 is 2.62 bits per heavy atom. The summed E-state index contributed by atoms with van der Waals surface area (Å²) < 4.78 is 7.04. The highest BCUT2D eigenvalue weighted by atomic mass is 35.5. The van der Waals surface area contributed by atoms with Crippen LogP contribution >= 0.6 is 11.6 Å². The van der Waals surface area contributed by atoms with Gasteiger partial charge in [-0.1, -0.05) is 17.7 Å². The number of esters is 1. The molecule has 0 bridgehead atoms. The normalized spacial score (nSPS) is 10.5. The van der Waals surface area contributed by atoms with Crippen molar-refractivity contribution in [1.82, 2.24) is 4.40 Å². The van der Waals surface area contributed by atoms with Crippen molar-refractivity contribution in [2.75, 3.05) is 0 Å². The van der Waals surface area contributed by atoms with Gasteiger partial charge in [0.1, 0.15) is 12.7 Å². The number of carbonyl (C=O) groups is 2. The first kappa shape index (κ1) is 17.7. The van der Waals surface area contributed by atoms with E-state index in [1.54, 1.807) is 30.5 Å². The lowest BCUT2D eigenvalue weighted by Crippen LogP contribution is -2.08. The van der Waals surface area contributed by atoms with Gasteiger partial charge in [-0.3, -0.25) is 9.59 Å². The van der Waals surface area contributed by atoms with Gasteiger partial charge in [-0.25, -0.2) is 0 Å². The number of Topliss-reactive ketones (excluding diaryl/α,β-unsaturated/α-hetero) is 1. The Hall–Kier alpha value is -3.10. The van der Waals surface area contributed by atoms with Crippen molar-refractivity contribution in [2.45, 2.75) is 19.4 Å². The second-order valence-electron chi connectivity index (χ2n) is 5.73. The van der Waals surface area contributed by atoms with E-state index in [1.807, 2.05) is 28.8 Å². The highest BCUT2D eigenvalue weighted by molar-refractivity contribution is 6.30. The van der Waals surface area contributed by atoms with Crippen LogP contribution in [0.4, 0.5) is 0 Å². The molecule has 0 spiro atoms. The minimum atomic E-state index is -0.480. The Bertz CT molecular complexity index is 1000. The first-order valence-electron chi connectivity index (χ1n) is 8.01. The van der Waals surface area contributed by atoms with Crippen LogP contribution in [-0.2, 0) is 16.1 Å². The Labute approximate surface area is 155 Å². The molecule has 1 aromatic carbocycles. The lowest BCUT2D eigenvalue weighted by molar-refractivity contribution is -0.144. The van der Waals surface area contributed by atoms with Crippen LogP contribution in [0.3, 0.4) is 0 Å². The topological polar surface area (TPSA) is 71.6 Å². The molecular weight excluding hydrogens is 352 g/mol. The molecule has 0 aliphatic carbocycles. The Balaban J connectivity index is 1.57. The molecule has 5 nitrogen and oxygen atoms in total. The Morgan fingerprint density at radius 1 is 1.12 bits per heavy atom. The van der Waals surface area contributed by atoms with Gasteiger partial charge in [-0.05, 0) is 36.4 Å². The second-order valence-corrected chi connectivity index (χ2v) is 6.16. The van der Waals surface area contributed by atoms with Crippen LogP contribution in [0.5, 0.6) is 0 Å². The molecule has 0 atom stereocenters. The molecule has 3 rings (SSSR count). The highest BCUT2D eigenvalue weighted by Gasteiger charge is 2.14. The molecule has 2 heterocycles. The molecule has 0 N–H and O–H groups in total. The summed E-state index contributed by atoms with van der Waals surface area (Å²) in [6.45, 7) is -0.00145. The average molecular weight is 367 g/mol. The van der Waals surface area contributed by atoms with E-state index in [4.69, 9.17) is 16.3 Å². The number of pyridine rings is 1. The number of ketones is 1. The number of nitriles is 1. The highest BCUT2D eigenvalue weighted by Crippen LogP contribution is 2.19. The first-order chi connectivity index (χ1) is 12.6. The number of aromatic nitrogens is 1. The predicted octanol–water partition coefficient (Wildman–Crippen LogP) is 4.17. The minimum Gasteiger partial charge on any atom is -0.461 e. The molecule has 0 fully saturated rings. The largest absolute Gasteiger partial charge is 0.461 e. The first-order valence-corrected chi connectivity index (χ1v) is 8.39. The SMILES string of the molecule is N#Cc1c(COC(=O)CCC(=O)c2ccc(Cl)cc2)cn2ccccc12. The molecule has 0 unspecified atom stereocenters. The standard InChI is InChI=1S/C20H15ClN2O3/c21-16-6-4-14(5-7-16)19(24)8-9-20(25)26-13-15-12-23-10-2-1-3-18(23)17(15)11-22/h1-7,10,12H,8-9,13H2. The quantitative estimate of drug-likeness (QED) is 0.485. The fourth-order valence-electron chi connectivity index (χ4n) is 2.64. The minimum absolute atomic E-state index is 0.00145. The number of ether oxygens (including phenoxy) is 1. The van der Waals surface area contributed by atoms with Gasteiger partial charge in [-0.2, -0.15) is 5.26 Å². The zero-order valence-corrected chi connectivity index (χ0v) is 14.6. The van der Waals surface area contributed by atoms with E-state index in [0.29, 0.717) is 21.7 Å². The van der Waals surface area contributed by atoms with Crippen molar-refractivity contribution in [1.29, 1.82) is 5.26 Å². The van der Waals surface area contributed by atoms with Gasteiger partial charge in [-0.15, -0.1) is 0 Å². The van der Waals surface area contributed by atoms with E-state index in [2.05, 4.69) is 6.07 Å². The van der Waals surface area contributed by atoms with Gasteiger partial charge in [0, 0.05) is 35.0 Å². The third kappa shape index (κ3) is 3.93. The van der Waals surface area contributed by atoms with Crippen molar-refractivity contribution >= 4 is 28.9 Å². The number of fused-ring (bicyclic) bond motifs is 1. The lowest BCUT2D eigenvalue weighted by atomic mass is 10.1. The van der Waals surface area contributed by atoms with Gasteiger partial charge < -0.3 is 9.14 Å². The van der Waals surface area contributed by atoms with Crippen LogP contribution in [-0.4, -0.2) is 16.2 Å².